The Morgan fingerprint density at radius 2 is 2.19 bits per heavy atom. The average molecular weight is 290 g/mol. The van der Waals surface area contributed by atoms with Crippen molar-refractivity contribution in [2.24, 2.45) is 5.84 Å². The zero-order chi connectivity index (χ0) is 15.1. The maximum atomic E-state index is 5.69. The number of aryl methyl sites for hydroxylation is 1. The fourth-order valence-electron chi connectivity index (χ4n) is 2.69. The molecule has 0 saturated heterocycles. The quantitative estimate of drug-likeness (QED) is 0.422. The van der Waals surface area contributed by atoms with E-state index in [0.29, 0.717) is 0 Å². The maximum absolute atomic E-state index is 5.69. The van der Waals surface area contributed by atoms with Crippen molar-refractivity contribution >= 4 is 11.0 Å². The number of fused-ring (bicyclic) bond motifs is 1. The van der Waals surface area contributed by atoms with E-state index in [0.717, 1.165) is 50.2 Å². The van der Waals surface area contributed by atoms with Crippen molar-refractivity contribution < 1.29 is 4.74 Å². The molecule has 5 heteroatoms. The van der Waals surface area contributed by atoms with Gasteiger partial charge in [-0.15, -0.1) is 0 Å². The molecule has 1 atom stereocenters. The number of benzene rings is 1. The monoisotopic (exact) mass is 290 g/mol. The van der Waals surface area contributed by atoms with Crippen molar-refractivity contribution in [3.63, 3.8) is 0 Å². The van der Waals surface area contributed by atoms with E-state index in [2.05, 4.69) is 35.1 Å². The molecule has 1 aromatic carbocycles. The zero-order valence-electron chi connectivity index (χ0n) is 13.0. The average Bonchev–Trinajstić information content (AvgIpc) is 2.85. The first-order valence-electron chi connectivity index (χ1n) is 7.69. The summed E-state index contributed by atoms with van der Waals surface area (Å²) in [5.74, 6) is 6.80. The van der Waals surface area contributed by atoms with Gasteiger partial charge in [0.1, 0.15) is 5.82 Å². The fraction of sp³-hybridized carbons (Fsp3) is 0.562. The second-order valence-corrected chi connectivity index (χ2v) is 5.37. The van der Waals surface area contributed by atoms with Gasteiger partial charge in [0.05, 0.1) is 11.0 Å². The van der Waals surface area contributed by atoms with Gasteiger partial charge >= 0.3 is 0 Å². The Labute approximate surface area is 126 Å². The van der Waals surface area contributed by atoms with Crippen LogP contribution < -0.4 is 11.3 Å². The van der Waals surface area contributed by atoms with Crippen LogP contribution in [0.15, 0.2) is 24.3 Å². The number of methoxy groups -OCH3 is 1. The first-order valence-corrected chi connectivity index (χ1v) is 7.69. The number of hydrazine groups is 1. The molecule has 1 heterocycles. The van der Waals surface area contributed by atoms with E-state index < -0.39 is 0 Å². The van der Waals surface area contributed by atoms with Crippen LogP contribution in [-0.2, 0) is 17.7 Å². The summed E-state index contributed by atoms with van der Waals surface area (Å²) in [5, 5.41) is 0. The van der Waals surface area contributed by atoms with Crippen molar-refractivity contribution in [3.05, 3.63) is 30.1 Å². The Balaban J connectivity index is 2.17. The Morgan fingerprint density at radius 1 is 1.38 bits per heavy atom. The van der Waals surface area contributed by atoms with E-state index in [1.165, 1.54) is 5.52 Å². The third-order valence-corrected chi connectivity index (χ3v) is 3.75. The third kappa shape index (κ3) is 4.03. The molecule has 5 nitrogen and oxygen atoms in total. The normalized spacial score (nSPS) is 12.9. The molecular formula is C16H26N4O. The van der Waals surface area contributed by atoms with Crippen molar-refractivity contribution in [2.75, 3.05) is 13.7 Å². The summed E-state index contributed by atoms with van der Waals surface area (Å²) in [7, 11) is 1.73. The zero-order valence-corrected chi connectivity index (χ0v) is 13.0. The van der Waals surface area contributed by atoms with E-state index >= 15 is 0 Å². The molecule has 0 fully saturated rings. The van der Waals surface area contributed by atoms with Crippen LogP contribution in [0.4, 0.5) is 0 Å². The van der Waals surface area contributed by atoms with Crippen LogP contribution in [0.2, 0.25) is 0 Å². The largest absolute Gasteiger partial charge is 0.385 e. The van der Waals surface area contributed by atoms with Gasteiger partial charge < -0.3 is 9.30 Å². The number of nitrogens with one attached hydrogen (secondary N) is 1. The predicted octanol–water partition coefficient (Wildman–Crippen LogP) is 2.25. The lowest BCUT2D eigenvalue weighted by atomic mass is 10.1. The third-order valence-electron chi connectivity index (χ3n) is 3.75. The summed E-state index contributed by atoms with van der Waals surface area (Å²) in [6, 6.07) is 8.54. The molecular weight excluding hydrogens is 264 g/mol. The standard InChI is InChI=1S/C16H26N4O/c1-3-10-20-15-9-5-4-8-14(15)18-16(20)12-13(19-17)7-6-11-21-2/h4-5,8-9,13,19H,3,6-7,10-12,17H2,1-2H3. The number of nitrogens with two attached hydrogens (primary N) is 1. The first kappa shape index (κ1) is 15.9. The van der Waals surface area contributed by atoms with E-state index in [1.54, 1.807) is 7.11 Å². The summed E-state index contributed by atoms with van der Waals surface area (Å²) in [4.78, 5) is 4.78. The molecule has 0 aliphatic rings. The second kappa shape index (κ2) is 8.12. The fourth-order valence-corrected chi connectivity index (χ4v) is 2.69. The topological polar surface area (TPSA) is 65.1 Å². The minimum Gasteiger partial charge on any atom is -0.385 e. The molecule has 0 bridgehead atoms. The molecule has 0 aliphatic heterocycles. The van der Waals surface area contributed by atoms with Gasteiger partial charge in [0, 0.05) is 32.7 Å². The summed E-state index contributed by atoms with van der Waals surface area (Å²) in [6.45, 7) is 3.95. The lowest BCUT2D eigenvalue weighted by molar-refractivity contribution is 0.188. The smallest absolute Gasteiger partial charge is 0.111 e. The van der Waals surface area contributed by atoms with Crippen molar-refractivity contribution in [2.45, 2.75) is 45.2 Å². The summed E-state index contributed by atoms with van der Waals surface area (Å²) in [5.41, 5.74) is 5.19. The van der Waals surface area contributed by atoms with Crippen LogP contribution in [0.25, 0.3) is 11.0 Å². The van der Waals surface area contributed by atoms with Crippen LogP contribution in [0.3, 0.4) is 0 Å². The highest BCUT2D eigenvalue weighted by Crippen LogP contribution is 2.18. The van der Waals surface area contributed by atoms with E-state index in [4.69, 9.17) is 15.6 Å². The van der Waals surface area contributed by atoms with Gasteiger partial charge in [0.2, 0.25) is 0 Å². The van der Waals surface area contributed by atoms with Crippen LogP contribution in [0.1, 0.15) is 32.0 Å². The molecule has 0 radical (unpaired) electrons. The van der Waals surface area contributed by atoms with Crippen molar-refractivity contribution in [1.29, 1.82) is 0 Å². The number of hydrogen-bond donors (Lipinski definition) is 2. The number of nitrogens with zero attached hydrogens (tertiary/aromatic N) is 2. The predicted molar refractivity (Wildman–Crippen MR) is 85.9 cm³/mol. The first-order chi connectivity index (χ1) is 10.3. The molecule has 2 aromatic rings. The summed E-state index contributed by atoms with van der Waals surface area (Å²) < 4.78 is 7.42. The van der Waals surface area contributed by atoms with Gasteiger partial charge in [-0.3, -0.25) is 11.3 Å². The summed E-state index contributed by atoms with van der Waals surface area (Å²) >= 11 is 0. The molecule has 0 saturated carbocycles. The van der Waals surface area contributed by atoms with Gasteiger partial charge in [0.25, 0.3) is 0 Å². The SMILES string of the molecule is CCCn1c(CC(CCCOC)NN)nc2ccccc21. The highest BCUT2D eigenvalue weighted by atomic mass is 16.5. The van der Waals surface area contributed by atoms with E-state index in [9.17, 15) is 0 Å². The number of aromatic nitrogens is 2. The van der Waals surface area contributed by atoms with Crippen LogP contribution in [0.5, 0.6) is 0 Å². The highest BCUT2D eigenvalue weighted by Gasteiger charge is 2.14. The number of para-hydroxylation sites is 2. The Kier molecular flexibility index (Phi) is 6.17. The number of rotatable bonds is 9. The molecule has 0 spiro atoms. The minimum absolute atomic E-state index is 0.229. The van der Waals surface area contributed by atoms with Crippen LogP contribution in [0, 0.1) is 0 Å². The van der Waals surface area contributed by atoms with Crippen LogP contribution in [-0.4, -0.2) is 29.3 Å². The molecule has 21 heavy (non-hydrogen) atoms. The maximum Gasteiger partial charge on any atom is 0.111 e. The molecule has 3 N–H and O–H groups in total. The Hall–Kier alpha value is -1.43. The van der Waals surface area contributed by atoms with Crippen molar-refractivity contribution in [3.8, 4) is 0 Å². The van der Waals surface area contributed by atoms with Gasteiger partial charge in [-0.05, 0) is 31.4 Å². The molecule has 2 rings (SSSR count). The minimum atomic E-state index is 0.229. The van der Waals surface area contributed by atoms with E-state index in [-0.39, 0.29) is 6.04 Å². The van der Waals surface area contributed by atoms with Crippen LogP contribution >= 0.6 is 0 Å². The van der Waals surface area contributed by atoms with Gasteiger partial charge in [-0.1, -0.05) is 19.1 Å². The molecule has 0 amide bonds. The molecule has 0 aliphatic carbocycles. The highest BCUT2D eigenvalue weighted by molar-refractivity contribution is 5.75. The number of hydrogen-bond acceptors (Lipinski definition) is 4. The lowest BCUT2D eigenvalue weighted by Crippen LogP contribution is -2.37. The Bertz CT molecular complexity index is 552. The lowest BCUT2D eigenvalue weighted by Gasteiger charge is -2.16. The van der Waals surface area contributed by atoms with Gasteiger partial charge in [-0.25, -0.2) is 4.98 Å². The second-order valence-electron chi connectivity index (χ2n) is 5.37. The number of imidazole rings is 1. The van der Waals surface area contributed by atoms with Gasteiger partial charge in [-0.2, -0.15) is 0 Å². The molecule has 1 unspecified atom stereocenters. The molecule has 1 aromatic heterocycles. The molecule has 116 valence electrons. The number of ether oxygens (including phenoxy) is 1. The Morgan fingerprint density at radius 3 is 2.90 bits per heavy atom. The van der Waals surface area contributed by atoms with E-state index in [1.807, 2.05) is 6.07 Å². The van der Waals surface area contributed by atoms with Gasteiger partial charge in [0.15, 0.2) is 0 Å². The van der Waals surface area contributed by atoms with Crippen molar-refractivity contribution in [1.82, 2.24) is 15.0 Å². The summed E-state index contributed by atoms with van der Waals surface area (Å²) in [6.07, 6.45) is 3.92.